The van der Waals surface area contributed by atoms with E-state index in [-0.39, 0.29) is 40.0 Å². The summed E-state index contributed by atoms with van der Waals surface area (Å²) in [6, 6.07) is 8.65. The molecule has 1 atom stereocenters. The van der Waals surface area contributed by atoms with Gasteiger partial charge in [-0.25, -0.2) is 0 Å². The number of ketones is 1. The first kappa shape index (κ1) is 22.7. The van der Waals surface area contributed by atoms with Gasteiger partial charge >= 0.3 is 0 Å². The number of aliphatic hydroxyl groups excluding tert-OH is 1. The van der Waals surface area contributed by atoms with Crippen molar-refractivity contribution in [3.63, 3.8) is 0 Å². The second-order valence-electron chi connectivity index (χ2n) is 7.26. The van der Waals surface area contributed by atoms with Gasteiger partial charge < -0.3 is 24.6 Å². The van der Waals surface area contributed by atoms with Crippen LogP contribution >= 0.6 is 11.6 Å². The van der Waals surface area contributed by atoms with Gasteiger partial charge in [0, 0.05) is 20.3 Å². The van der Waals surface area contributed by atoms with E-state index in [9.17, 15) is 19.8 Å². The fraction of sp³-hybridized carbons (Fsp3) is 0.304. The highest BCUT2D eigenvalue weighted by atomic mass is 35.5. The number of carbonyl (C=O) groups excluding carboxylic acids is 2. The van der Waals surface area contributed by atoms with Crippen molar-refractivity contribution in [2.24, 2.45) is 0 Å². The number of aliphatic hydroxyl groups is 1. The molecule has 0 saturated carbocycles. The normalized spacial score (nSPS) is 17.9. The SMILES string of the molecule is COCCCN1C(=O)C(=O)/C(=C(/O)c2cc(C)cc(Cl)c2OC)C1c1ccc(O)cc1. The zero-order valence-electron chi connectivity index (χ0n) is 17.5. The fourth-order valence-corrected chi connectivity index (χ4v) is 4.10. The Labute approximate surface area is 185 Å². The van der Waals surface area contributed by atoms with Crippen molar-refractivity contribution < 1.29 is 29.3 Å². The van der Waals surface area contributed by atoms with E-state index in [4.69, 9.17) is 21.1 Å². The van der Waals surface area contributed by atoms with Gasteiger partial charge in [0.1, 0.15) is 17.3 Å². The summed E-state index contributed by atoms with van der Waals surface area (Å²) in [7, 11) is 2.97. The highest BCUT2D eigenvalue weighted by Gasteiger charge is 2.46. The summed E-state index contributed by atoms with van der Waals surface area (Å²) in [4.78, 5) is 27.3. The number of amides is 1. The van der Waals surface area contributed by atoms with Crippen molar-refractivity contribution >= 4 is 29.1 Å². The molecule has 0 aliphatic carbocycles. The second kappa shape index (κ2) is 9.41. The maximum atomic E-state index is 13.0. The lowest BCUT2D eigenvalue weighted by atomic mass is 9.94. The van der Waals surface area contributed by atoms with Gasteiger partial charge in [-0.15, -0.1) is 0 Å². The Kier molecular flexibility index (Phi) is 6.87. The third-order valence-corrected chi connectivity index (χ3v) is 5.42. The van der Waals surface area contributed by atoms with E-state index in [1.165, 1.54) is 24.1 Å². The molecule has 1 heterocycles. The van der Waals surface area contributed by atoms with Crippen LogP contribution in [0.25, 0.3) is 5.76 Å². The van der Waals surface area contributed by atoms with E-state index >= 15 is 0 Å². The molecule has 1 saturated heterocycles. The number of hydrogen-bond acceptors (Lipinski definition) is 6. The van der Waals surface area contributed by atoms with E-state index < -0.39 is 17.7 Å². The molecule has 164 valence electrons. The Morgan fingerprint density at radius 1 is 1.16 bits per heavy atom. The standard InChI is InChI=1S/C23H24ClNO6/c1-13-11-16(22(31-3)17(24)12-13)20(27)18-19(14-5-7-15(26)8-6-14)25(9-4-10-30-2)23(29)21(18)28/h5-8,11-12,19,26-27H,4,9-10H2,1-3H3/b20-18+. The largest absolute Gasteiger partial charge is 0.508 e. The first-order valence-electron chi connectivity index (χ1n) is 9.71. The summed E-state index contributed by atoms with van der Waals surface area (Å²) >= 11 is 6.27. The van der Waals surface area contributed by atoms with E-state index in [1.54, 1.807) is 38.3 Å². The summed E-state index contributed by atoms with van der Waals surface area (Å²) in [5.41, 5.74) is 1.50. The van der Waals surface area contributed by atoms with Gasteiger partial charge in [-0.05, 0) is 48.7 Å². The maximum Gasteiger partial charge on any atom is 0.295 e. The second-order valence-corrected chi connectivity index (χ2v) is 7.67. The first-order chi connectivity index (χ1) is 14.8. The van der Waals surface area contributed by atoms with E-state index in [2.05, 4.69) is 0 Å². The summed E-state index contributed by atoms with van der Waals surface area (Å²) in [6.07, 6.45) is 0.512. The summed E-state index contributed by atoms with van der Waals surface area (Å²) in [6.45, 7) is 2.46. The average Bonchev–Trinajstić information content (AvgIpc) is 2.98. The topological polar surface area (TPSA) is 96.3 Å². The third-order valence-electron chi connectivity index (χ3n) is 5.14. The van der Waals surface area contributed by atoms with Crippen molar-refractivity contribution in [2.75, 3.05) is 27.4 Å². The molecular formula is C23H24ClNO6. The smallest absolute Gasteiger partial charge is 0.295 e. The van der Waals surface area contributed by atoms with Gasteiger partial charge in [0.25, 0.3) is 11.7 Å². The van der Waals surface area contributed by atoms with Crippen molar-refractivity contribution in [1.82, 2.24) is 4.90 Å². The molecule has 2 aromatic rings. The number of rotatable bonds is 7. The van der Waals surface area contributed by atoms with Crippen LogP contribution in [-0.2, 0) is 14.3 Å². The molecular weight excluding hydrogens is 422 g/mol. The number of Topliss-reactive ketones (excluding diaryl/α,β-unsaturated/α-hetero) is 1. The van der Waals surface area contributed by atoms with Gasteiger partial charge in [0.2, 0.25) is 0 Å². The van der Waals surface area contributed by atoms with Crippen LogP contribution in [0, 0.1) is 6.92 Å². The first-order valence-corrected chi connectivity index (χ1v) is 10.1. The molecule has 0 spiro atoms. The number of phenolic OH excluding ortho intramolecular Hbond substituents is 1. The molecule has 2 aromatic carbocycles. The number of hydrogen-bond donors (Lipinski definition) is 2. The van der Waals surface area contributed by atoms with Crippen LogP contribution < -0.4 is 4.74 Å². The Morgan fingerprint density at radius 2 is 1.84 bits per heavy atom. The van der Waals surface area contributed by atoms with Crippen LogP contribution in [0.5, 0.6) is 11.5 Å². The minimum Gasteiger partial charge on any atom is -0.508 e. The predicted molar refractivity (Wildman–Crippen MR) is 116 cm³/mol. The van der Waals surface area contributed by atoms with Crippen LogP contribution in [0.15, 0.2) is 42.0 Å². The Morgan fingerprint density at radius 3 is 2.45 bits per heavy atom. The molecule has 1 unspecified atom stereocenters. The number of phenols is 1. The van der Waals surface area contributed by atoms with Crippen molar-refractivity contribution in [3.05, 3.63) is 63.7 Å². The average molecular weight is 446 g/mol. The zero-order chi connectivity index (χ0) is 22.7. The number of halogens is 1. The lowest BCUT2D eigenvalue weighted by Crippen LogP contribution is -2.31. The molecule has 8 heteroatoms. The monoisotopic (exact) mass is 445 g/mol. The van der Waals surface area contributed by atoms with Crippen LogP contribution in [0.2, 0.25) is 5.02 Å². The molecule has 2 N–H and O–H groups in total. The zero-order valence-corrected chi connectivity index (χ0v) is 18.3. The Balaban J connectivity index is 2.21. The molecule has 3 rings (SSSR count). The number of nitrogens with zero attached hydrogens (tertiary/aromatic N) is 1. The van der Waals surface area contributed by atoms with Crippen LogP contribution in [0.3, 0.4) is 0 Å². The molecule has 0 bridgehead atoms. The minimum atomic E-state index is -0.832. The highest BCUT2D eigenvalue weighted by Crippen LogP contribution is 2.42. The molecule has 0 radical (unpaired) electrons. The van der Waals surface area contributed by atoms with E-state index in [0.29, 0.717) is 18.6 Å². The van der Waals surface area contributed by atoms with Crippen molar-refractivity contribution in [3.8, 4) is 11.5 Å². The van der Waals surface area contributed by atoms with Gasteiger partial charge in [-0.3, -0.25) is 9.59 Å². The summed E-state index contributed by atoms with van der Waals surface area (Å²) in [5, 5.41) is 21.2. The number of aromatic hydroxyl groups is 1. The molecule has 7 nitrogen and oxygen atoms in total. The third kappa shape index (κ3) is 4.38. The molecule has 1 aliphatic heterocycles. The number of methoxy groups -OCH3 is 2. The number of carbonyl (C=O) groups is 2. The minimum absolute atomic E-state index is 0.0484. The summed E-state index contributed by atoms with van der Waals surface area (Å²) in [5.74, 6) is -1.62. The van der Waals surface area contributed by atoms with Crippen LogP contribution in [0.4, 0.5) is 0 Å². The van der Waals surface area contributed by atoms with Crippen LogP contribution in [-0.4, -0.2) is 54.2 Å². The summed E-state index contributed by atoms with van der Waals surface area (Å²) < 4.78 is 10.4. The quantitative estimate of drug-likeness (QED) is 0.291. The van der Waals surface area contributed by atoms with Gasteiger partial charge in [-0.1, -0.05) is 23.7 Å². The Bertz CT molecular complexity index is 1030. The van der Waals surface area contributed by atoms with Gasteiger partial charge in [0.15, 0.2) is 0 Å². The number of ether oxygens (including phenoxy) is 2. The van der Waals surface area contributed by atoms with Crippen molar-refractivity contribution in [2.45, 2.75) is 19.4 Å². The lowest BCUT2D eigenvalue weighted by Gasteiger charge is -2.25. The Hall–Kier alpha value is -3.03. The van der Waals surface area contributed by atoms with Crippen molar-refractivity contribution in [1.29, 1.82) is 0 Å². The number of likely N-dealkylation sites (tertiary alicyclic amines) is 1. The maximum absolute atomic E-state index is 13.0. The highest BCUT2D eigenvalue weighted by molar-refractivity contribution is 6.46. The number of aryl methyl sites for hydroxylation is 1. The van der Waals surface area contributed by atoms with Crippen LogP contribution in [0.1, 0.15) is 29.2 Å². The lowest BCUT2D eigenvalue weighted by molar-refractivity contribution is -0.140. The van der Waals surface area contributed by atoms with Gasteiger partial charge in [-0.2, -0.15) is 0 Å². The van der Waals surface area contributed by atoms with E-state index in [1.807, 2.05) is 0 Å². The number of benzene rings is 2. The molecule has 0 aromatic heterocycles. The predicted octanol–water partition coefficient (Wildman–Crippen LogP) is 3.82. The molecule has 31 heavy (non-hydrogen) atoms. The molecule has 1 aliphatic rings. The molecule has 1 fully saturated rings. The van der Waals surface area contributed by atoms with E-state index in [0.717, 1.165) is 5.56 Å². The molecule has 1 amide bonds. The fourth-order valence-electron chi connectivity index (χ4n) is 3.75. The van der Waals surface area contributed by atoms with Gasteiger partial charge in [0.05, 0.1) is 29.3 Å².